The van der Waals surface area contributed by atoms with Crippen molar-refractivity contribution in [2.75, 3.05) is 68.4 Å². The van der Waals surface area contributed by atoms with Gasteiger partial charge in [-0.15, -0.1) is 0 Å². The van der Waals surface area contributed by atoms with Gasteiger partial charge in [0.15, 0.2) is 0 Å². The van der Waals surface area contributed by atoms with Crippen LogP contribution in [0.1, 0.15) is 72.1 Å². The number of aliphatic hydroxyl groups excluding tert-OH is 2. The van der Waals surface area contributed by atoms with Crippen LogP contribution in [0.5, 0.6) is 0 Å². The van der Waals surface area contributed by atoms with Gasteiger partial charge in [-0.1, -0.05) is 54.6 Å². The van der Waals surface area contributed by atoms with Gasteiger partial charge >= 0.3 is 23.9 Å². The maximum atomic E-state index is 12.5. The van der Waals surface area contributed by atoms with Crippen LogP contribution in [0.25, 0.3) is 0 Å². The van der Waals surface area contributed by atoms with E-state index in [9.17, 15) is 29.4 Å². The molecule has 0 aliphatic carbocycles. The second-order valence-electron chi connectivity index (χ2n) is 18.1. The molecule has 0 radical (unpaired) electrons. The summed E-state index contributed by atoms with van der Waals surface area (Å²) in [7, 11) is 10.3. The first-order chi connectivity index (χ1) is 24.2. The van der Waals surface area contributed by atoms with Crippen molar-refractivity contribution >= 4 is 23.9 Å². The smallest absolute Gasteiger partial charge is 0.321 e. The fourth-order valence-electron chi connectivity index (χ4n) is 4.36. The number of hydrogen-bond donors (Lipinski definition) is 2. The maximum Gasteiger partial charge on any atom is 0.321 e. The number of esters is 4. The van der Waals surface area contributed by atoms with Crippen molar-refractivity contribution in [2.24, 2.45) is 21.7 Å². The summed E-state index contributed by atoms with van der Waals surface area (Å²) in [5.41, 5.74) is -0.717. The second kappa shape index (κ2) is 22.6. The van der Waals surface area contributed by atoms with Crippen molar-refractivity contribution in [3.05, 3.63) is 71.3 Å². The summed E-state index contributed by atoms with van der Waals surface area (Å²) in [5.74, 6) is -2.03. The van der Waals surface area contributed by atoms with Gasteiger partial charge in [-0.2, -0.15) is 0 Å². The average Bonchev–Trinajstić information content (AvgIpc) is 3.06. The Morgan fingerprint density at radius 1 is 0.545 bits per heavy atom. The molecule has 0 fully saturated rings. The molecule has 2 N–H and O–H groups in total. The number of carbonyl (C=O) groups excluding carboxylic acids is 4. The van der Waals surface area contributed by atoms with Gasteiger partial charge < -0.3 is 63.0 Å². The molecule has 2 aromatic carbocycles. The molecule has 0 saturated heterocycles. The highest BCUT2D eigenvalue weighted by Gasteiger charge is 2.39. The van der Waals surface area contributed by atoms with Crippen LogP contribution in [-0.2, 0) is 57.8 Å². The molecular weight excluding hydrogens is 796 g/mol. The third kappa shape index (κ3) is 20.1. The van der Waals surface area contributed by atoms with Gasteiger partial charge in [0.25, 0.3) is 0 Å². The highest BCUT2D eigenvalue weighted by atomic mass is 79.9. The molecule has 0 aliphatic heterocycles. The third-order valence-electron chi connectivity index (χ3n) is 8.00. The molecule has 0 heterocycles. The van der Waals surface area contributed by atoms with Crippen molar-refractivity contribution < 1.29 is 86.7 Å². The molecule has 2 aromatic rings. The van der Waals surface area contributed by atoms with Gasteiger partial charge in [0.05, 0.1) is 59.3 Å². The van der Waals surface area contributed by atoms with Crippen LogP contribution in [0.3, 0.4) is 0 Å². The summed E-state index contributed by atoms with van der Waals surface area (Å²) >= 11 is 0. The number of benzene rings is 2. The number of nitrogens with zero attached hydrogens (tertiary/aromatic N) is 2. The summed E-state index contributed by atoms with van der Waals surface area (Å²) in [6.45, 7) is 13.9. The minimum atomic E-state index is -1.29. The fourth-order valence-corrected chi connectivity index (χ4v) is 4.36. The summed E-state index contributed by atoms with van der Waals surface area (Å²) in [5, 5.41) is 19.3. The molecule has 314 valence electrons. The van der Waals surface area contributed by atoms with E-state index in [1.54, 1.807) is 41.5 Å². The first-order valence-electron chi connectivity index (χ1n) is 17.8. The van der Waals surface area contributed by atoms with E-state index in [4.69, 9.17) is 18.9 Å². The molecule has 14 heteroatoms. The molecule has 2 unspecified atom stereocenters. The van der Waals surface area contributed by atoms with Crippen LogP contribution in [0.15, 0.2) is 54.6 Å². The first-order valence-corrected chi connectivity index (χ1v) is 17.8. The van der Waals surface area contributed by atoms with E-state index in [1.165, 1.54) is 19.4 Å². The van der Waals surface area contributed by atoms with Gasteiger partial charge in [-0.25, -0.2) is 0 Å². The first kappa shape index (κ1) is 54.0. The standard InChI is InChI=1S/C21H34NO5.C20H32NO5.BrH.ClH/c1-20(2,3)18(24)27-15-21(4,14-23)19(25)26-13-17-10-8-16(9-11-17)12-22(5,6)7;1-19(2,3)17(23)25-14-20(4,13-22)18(24)26-15-21(5,6)12-16-10-8-7-9-11-16;;/h8-11,23H,12-15H2,1-7H3;7-11,22H,12-15H2,1-6H3;2*1H/q2*+1;;/p-2. The molecule has 55 heavy (non-hydrogen) atoms. The summed E-state index contributed by atoms with van der Waals surface area (Å²) in [6.07, 6.45) is 0. The highest BCUT2D eigenvalue weighted by molar-refractivity contribution is 5.79. The zero-order valence-corrected chi connectivity index (χ0v) is 37.5. The summed E-state index contributed by atoms with van der Waals surface area (Å²) in [6, 6.07) is 17.8. The molecule has 12 nitrogen and oxygen atoms in total. The number of aliphatic hydroxyl groups is 2. The monoisotopic (exact) mass is 860 g/mol. The minimum absolute atomic E-state index is 0. The molecule has 0 aromatic heterocycles. The quantitative estimate of drug-likeness (QED) is 0.0923. The van der Waals surface area contributed by atoms with Crippen LogP contribution in [-0.4, -0.2) is 111 Å². The van der Waals surface area contributed by atoms with Crippen LogP contribution in [0.2, 0.25) is 0 Å². The molecule has 0 amide bonds. The molecule has 0 spiro atoms. The lowest BCUT2D eigenvalue weighted by molar-refractivity contribution is -0.920. The average molecular weight is 862 g/mol. The Bertz CT molecular complexity index is 1490. The van der Waals surface area contributed by atoms with Crippen molar-refractivity contribution in [3.8, 4) is 0 Å². The lowest BCUT2D eigenvalue weighted by Crippen LogP contribution is -3.00. The Morgan fingerprint density at radius 2 is 0.927 bits per heavy atom. The molecule has 0 saturated carbocycles. The SMILES string of the molecule is CC(C)(C)C(=O)OCC(C)(CO)C(=O)OC[N+](C)(C)Cc1ccccc1.CC(C)(C)C(=O)OCC(C)(CO)C(=O)OCc1ccc(C[N+](C)(C)C)cc1.[Br-].[Cl-]. The van der Waals surface area contributed by atoms with E-state index in [0.29, 0.717) is 11.0 Å². The highest BCUT2D eigenvalue weighted by Crippen LogP contribution is 2.24. The summed E-state index contributed by atoms with van der Waals surface area (Å²) < 4.78 is 22.5. The molecule has 0 aliphatic rings. The normalized spacial score (nSPS) is 13.9. The zero-order chi connectivity index (χ0) is 40.9. The number of rotatable bonds is 16. The number of ether oxygens (including phenoxy) is 4. The number of hydrogen-bond acceptors (Lipinski definition) is 10. The van der Waals surface area contributed by atoms with E-state index in [-0.39, 0.29) is 55.9 Å². The predicted molar refractivity (Wildman–Crippen MR) is 202 cm³/mol. The van der Waals surface area contributed by atoms with Crippen LogP contribution in [0.4, 0.5) is 0 Å². The van der Waals surface area contributed by atoms with E-state index < -0.39 is 58.8 Å². The lowest BCUT2D eigenvalue weighted by Gasteiger charge is -2.31. The van der Waals surface area contributed by atoms with Crippen molar-refractivity contribution in [2.45, 2.75) is 75.1 Å². The molecular formula is C41H66BrClN2O10. The van der Waals surface area contributed by atoms with Gasteiger partial charge in [0, 0.05) is 11.1 Å². The minimum Gasteiger partial charge on any atom is -1.00 e. The van der Waals surface area contributed by atoms with Gasteiger partial charge in [0.1, 0.15) is 43.7 Å². The number of quaternary nitrogens is 2. The van der Waals surface area contributed by atoms with Gasteiger partial charge in [0.2, 0.25) is 6.73 Å². The Kier molecular flexibility index (Phi) is 22.2. The van der Waals surface area contributed by atoms with Crippen LogP contribution in [0, 0.1) is 21.7 Å². The zero-order valence-electron chi connectivity index (χ0n) is 35.2. The van der Waals surface area contributed by atoms with Crippen LogP contribution < -0.4 is 29.4 Å². The lowest BCUT2D eigenvalue weighted by atomic mass is 9.92. The third-order valence-corrected chi connectivity index (χ3v) is 8.00. The second-order valence-corrected chi connectivity index (χ2v) is 18.1. The van der Waals surface area contributed by atoms with Crippen molar-refractivity contribution in [3.63, 3.8) is 0 Å². The largest absolute Gasteiger partial charge is 1.00 e. The van der Waals surface area contributed by atoms with Gasteiger partial charge in [-0.05, 0) is 61.0 Å². The van der Waals surface area contributed by atoms with Crippen LogP contribution >= 0.6 is 0 Å². The van der Waals surface area contributed by atoms with Gasteiger partial charge in [-0.3, -0.25) is 23.7 Å². The Balaban J connectivity index is 0. The molecule has 0 bridgehead atoms. The van der Waals surface area contributed by atoms with E-state index in [0.717, 1.165) is 22.2 Å². The maximum absolute atomic E-state index is 12.5. The number of halogens is 2. The fraction of sp³-hybridized carbons (Fsp3) is 0.610. The Hall–Kier alpha value is -3.07. The molecule has 2 rings (SSSR count). The van der Waals surface area contributed by atoms with Crippen molar-refractivity contribution in [1.82, 2.24) is 0 Å². The van der Waals surface area contributed by atoms with E-state index >= 15 is 0 Å². The van der Waals surface area contributed by atoms with E-state index in [1.807, 2.05) is 68.7 Å². The Labute approximate surface area is 345 Å². The number of carbonyl (C=O) groups is 4. The predicted octanol–water partition coefficient (Wildman–Crippen LogP) is -1.12. The van der Waals surface area contributed by atoms with E-state index in [2.05, 4.69) is 21.1 Å². The molecule has 2 atom stereocenters. The summed E-state index contributed by atoms with van der Waals surface area (Å²) in [4.78, 5) is 48.7. The Morgan fingerprint density at radius 3 is 1.31 bits per heavy atom. The van der Waals surface area contributed by atoms with Crippen molar-refractivity contribution in [1.29, 1.82) is 0 Å². The topological polar surface area (TPSA) is 146 Å².